The number of halogens is 5. The normalized spacial score (nSPS) is 16.8. The lowest BCUT2D eigenvalue weighted by atomic mass is 10.0. The largest absolute Gasteiger partial charge is 0.416 e. The lowest BCUT2D eigenvalue weighted by Crippen LogP contribution is -2.41. The highest BCUT2D eigenvalue weighted by atomic mass is 79.9. The van der Waals surface area contributed by atoms with Gasteiger partial charge in [-0.15, -0.1) is 12.4 Å². The highest BCUT2D eigenvalue weighted by Gasteiger charge is 2.34. The number of nitrogens with zero attached hydrogens (tertiary/aromatic N) is 1. The molecule has 4 nitrogen and oxygen atoms in total. The number of nitrogens with one attached hydrogen (secondary N) is 2. The summed E-state index contributed by atoms with van der Waals surface area (Å²) in [6.45, 7) is 3.27. The van der Waals surface area contributed by atoms with Crippen LogP contribution >= 0.6 is 40.1 Å². The van der Waals surface area contributed by atoms with Crippen LogP contribution in [0.5, 0.6) is 0 Å². The van der Waals surface area contributed by atoms with Gasteiger partial charge in [-0.05, 0) is 43.2 Å². The van der Waals surface area contributed by atoms with Crippen LogP contribution in [0, 0.1) is 0 Å². The Morgan fingerprint density at radius 3 is 2.57 bits per heavy atom. The number of benzene rings is 2. The van der Waals surface area contributed by atoms with Crippen molar-refractivity contribution in [3.8, 4) is 0 Å². The molecule has 2 aromatic rings. The number of anilines is 3. The fourth-order valence-electron chi connectivity index (χ4n) is 3.74. The topological polar surface area (TPSA) is 53.3 Å². The number of fused-ring (bicyclic) bond motifs is 2. The van der Waals surface area contributed by atoms with Crippen molar-refractivity contribution >= 4 is 57.2 Å². The third kappa shape index (κ3) is 5.19. The fourth-order valence-corrected chi connectivity index (χ4v) is 5.36. The van der Waals surface area contributed by atoms with Gasteiger partial charge in [0.2, 0.25) is 0 Å². The molecule has 10 heteroatoms. The van der Waals surface area contributed by atoms with Crippen molar-refractivity contribution < 1.29 is 13.2 Å². The van der Waals surface area contributed by atoms with E-state index >= 15 is 0 Å². The zero-order valence-electron chi connectivity index (χ0n) is 16.1. The molecule has 0 amide bonds. The van der Waals surface area contributed by atoms with Gasteiger partial charge in [0.15, 0.2) is 0 Å². The van der Waals surface area contributed by atoms with Gasteiger partial charge in [0.1, 0.15) is 0 Å². The Morgan fingerprint density at radius 1 is 1.17 bits per heavy atom. The summed E-state index contributed by atoms with van der Waals surface area (Å²) in [5, 5.41) is 6.72. The molecule has 2 aromatic carbocycles. The first kappa shape index (κ1) is 23.5. The predicted molar refractivity (Wildman–Crippen MR) is 122 cm³/mol. The summed E-state index contributed by atoms with van der Waals surface area (Å²) in [7, 11) is 0. The van der Waals surface area contributed by atoms with Gasteiger partial charge in [-0.1, -0.05) is 27.7 Å². The van der Waals surface area contributed by atoms with Gasteiger partial charge in [-0.25, -0.2) is 0 Å². The maximum Gasteiger partial charge on any atom is 0.416 e. The summed E-state index contributed by atoms with van der Waals surface area (Å²) in [5.41, 5.74) is 7.10. The minimum atomic E-state index is -4.39. The Kier molecular flexibility index (Phi) is 7.50. The molecule has 2 aliphatic rings. The lowest BCUT2D eigenvalue weighted by Gasteiger charge is -2.34. The summed E-state index contributed by atoms with van der Waals surface area (Å²) in [6.07, 6.45) is -2.64. The van der Waals surface area contributed by atoms with Crippen LogP contribution in [0.25, 0.3) is 0 Å². The van der Waals surface area contributed by atoms with Crippen LogP contribution in [0.3, 0.4) is 0 Å². The molecular weight excluding hydrogens is 501 g/mol. The molecule has 0 bridgehead atoms. The first-order chi connectivity index (χ1) is 13.8. The van der Waals surface area contributed by atoms with E-state index in [1.807, 2.05) is 18.2 Å². The van der Waals surface area contributed by atoms with Gasteiger partial charge in [-0.2, -0.15) is 13.2 Å². The van der Waals surface area contributed by atoms with E-state index < -0.39 is 11.7 Å². The van der Waals surface area contributed by atoms with E-state index in [4.69, 9.17) is 5.73 Å². The molecule has 2 heterocycles. The summed E-state index contributed by atoms with van der Waals surface area (Å²) < 4.78 is 41.5. The highest BCUT2D eigenvalue weighted by molar-refractivity contribution is 9.10. The summed E-state index contributed by atoms with van der Waals surface area (Å²) in [6, 6.07) is 8.35. The fraction of sp³-hybridized carbons (Fsp3) is 0.400. The van der Waals surface area contributed by atoms with Crippen LogP contribution in [0.4, 0.5) is 30.2 Å². The zero-order chi connectivity index (χ0) is 20.6. The SMILES string of the molecule is Cl.NCCN1CCC(Nc2cc(C(F)(F)F)cc3c2Nc2ccc(Br)cc2S3)CC1. The van der Waals surface area contributed by atoms with E-state index in [9.17, 15) is 13.2 Å². The minimum absolute atomic E-state index is 0. The van der Waals surface area contributed by atoms with Gasteiger partial charge in [0.25, 0.3) is 0 Å². The smallest absolute Gasteiger partial charge is 0.380 e. The summed E-state index contributed by atoms with van der Waals surface area (Å²) >= 11 is 4.78. The first-order valence-corrected chi connectivity index (χ1v) is 11.1. The number of hydrogen-bond donors (Lipinski definition) is 3. The Balaban J connectivity index is 0.00000256. The molecular formula is C20H23BrClF3N4S. The molecule has 0 radical (unpaired) electrons. The van der Waals surface area contributed by atoms with Crippen molar-refractivity contribution in [1.29, 1.82) is 0 Å². The highest BCUT2D eigenvalue weighted by Crippen LogP contribution is 2.50. The number of nitrogens with two attached hydrogens (primary N) is 1. The molecule has 0 saturated carbocycles. The first-order valence-electron chi connectivity index (χ1n) is 9.52. The van der Waals surface area contributed by atoms with E-state index in [0.717, 1.165) is 47.5 Å². The minimum Gasteiger partial charge on any atom is -0.380 e. The molecule has 1 saturated heterocycles. The van der Waals surface area contributed by atoms with Gasteiger partial charge in [0.05, 0.1) is 22.6 Å². The Labute approximate surface area is 192 Å². The number of rotatable bonds is 4. The molecule has 0 spiro atoms. The molecule has 0 aliphatic carbocycles. The predicted octanol–water partition coefficient (Wildman–Crippen LogP) is 5.93. The zero-order valence-corrected chi connectivity index (χ0v) is 19.3. The Bertz CT molecular complexity index is 904. The van der Waals surface area contributed by atoms with E-state index in [2.05, 4.69) is 31.5 Å². The average molecular weight is 524 g/mol. The van der Waals surface area contributed by atoms with Crippen molar-refractivity contribution in [2.24, 2.45) is 5.73 Å². The summed E-state index contributed by atoms with van der Waals surface area (Å²) in [5.74, 6) is 0. The van der Waals surface area contributed by atoms with Crippen molar-refractivity contribution in [3.05, 3.63) is 40.4 Å². The second-order valence-electron chi connectivity index (χ2n) is 7.31. The van der Waals surface area contributed by atoms with Crippen molar-refractivity contribution in [1.82, 2.24) is 4.90 Å². The van der Waals surface area contributed by atoms with E-state index in [0.29, 0.717) is 22.8 Å². The molecule has 0 unspecified atom stereocenters. The number of likely N-dealkylation sites (tertiary alicyclic amines) is 1. The quantitative estimate of drug-likeness (QED) is 0.396. The van der Waals surface area contributed by atoms with Crippen molar-refractivity contribution in [2.45, 2.75) is 34.9 Å². The van der Waals surface area contributed by atoms with E-state index in [1.165, 1.54) is 23.9 Å². The summed E-state index contributed by atoms with van der Waals surface area (Å²) in [4.78, 5) is 3.77. The second kappa shape index (κ2) is 9.56. The average Bonchev–Trinajstić information content (AvgIpc) is 2.67. The number of piperidine rings is 1. The molecule has 164 valence electrons. The Hall–Kier alpha value is -1.13. The van der Waals surface area contributed by atoms with Gasteiger partial charge in [0, 0.05) is 46.5 Å². The van der Waals surface area contributed by atoms with Gasteiger partial charge < -0.3 is 21.3 Å². The third-order valence-electron chi connectivity index (χ3n) is 5.25. The maximum atomic E-state index is 13.5. The molecule has 0 aromatic heterocycles. The standard InChI is InChI=1S/C20H22BrF3N4S.ClH/c21-13-1-2-15-17(11-13)29-18-10-12(20(22,23)24)9-16(19(18)27-15)26-14-3-6-28(7-4-14)8-5-25;/h1-2,9-11,14,26-27H,3-8,25H2;1H. The van der Waals surface area contributed by atoms with E-state index in [-0.39, 0.29) is 18.4 Å². The van der Waals surface area contributed by atoms with Crippen LogP contribution < -0.4 is 16.4 Å². The molecule has 4 rings (SSSR count). The van der Waals surface area contributed by atoms with E-state index in [1.54, 1.807) is 0 Å². The second-order valence-corrected chi connectivity index (χ2v) is 9.31. The number of alkyl halides is 3. The number of hydrogen-bond acceptors (Lipinski definition) is 5. The van der Waals surface area contributed by atoms with Crippen LogP contribution in [0.15, 0.2) is 44.6 Å². The lowest BCUT2D eigenvalue weighted by molar-refractivity contribution is -0.137. The molecule has 2 aliphatic heterocycles. The van der Waals surface area contributed by atoms with Crippen molar-refractivity contribution in [2.75, 3.05) is 36.8 Å². The monoisotopic (exact) mass is 522 g/mol. The Morgan fingerprint density at radius 2 is 1.90 bits per heavy atom. The molecule has 1 fully saturated rings. The van der Waals surface area contributed by atoms with Crippen LogP contribution in [-0.4, -0.2) is 37.1 Å². The van der Waals surface area contributed by atoms with Gasteiger partial charge >= 0.3 is 6.18 Å². The van der Waals surface area contributed by atoms with Crippen molar-refractivity contribution in [3.63, 3.8) is 0 Å². The van der Waals surface area contributed by atoms with Gasteiger partial charge in [-0.3, -0.25) is 0 Å². The maximum absolute atomic E-state index is 13.5. The van der Waals surface area contributed by atoms with Crippen LogP contribution in [-0.2, 0) is 6.18 Å². The molecule has 30 heavy (non-hydrogen) atoms. The van der Waals surface area contributed by atoms with Crippen LogP contribution in [0.2, 0.25) is 0 Å². The molecule has 0 atom stereocenters. The van der Waals surface area contributed by atoms with Crippen LogP contribution in [0.1, 0.15) is 18.4 Å². The molecule has 4 N–H and O–H groups in total. The third-order valence-corrected chi connectivity index (χ3v) is 6.84.